The van der Waals surface area contributed by atoms with Gasteiger partial charge in [-0.2, -0.15) is 0 Å². The predicted molar refractivity (Wildman–Crippen MR) is 78.5 cm³/mol. The molecule has 0 aromatic heterocycles. The van der Waals surface area contributed by atoms with Gasteiger partial charge in [0.1, 0.15) is 5.75 Å². The van der Waals surface area contributed by atoms with Gasteiger partial charge in [0.2, 0.25) is 0 Å². The van der Waals surface area contributed by atoms with E-state index in [1.807, 2.05) is 0 Å². The van der Waals surface area contributed by atoms with Crippen LogP contribution in [0.5, 0.6) is 5.75 Å². The zero-order valence-electron chi connectivity index (χ0n) is 11.5. The molecule has 0 saturated heterocycles. The number of phenols is 1. The summed E-state index contributed by atoms with van der Waals surface area (Å²) < 4.78 is 0. The van der Waals surface area contributed by atoms with Crippen molar-refractivity contribution in [3.63, 3.8) is 0 Å². The molecule has 0 bridgehead atoms. The molecule has 1 aromatic carbocycles. The Kier molecular flexibility index (Phi) is 5.07. The topological polar surface area (TPSA) is 86.6 Å². The van der Waals surface area contributed by atoms with Crippen LogP contribution in [-0.2, 0) is 4.79 Å². The van der Waals surface area contributed by atoms with E-state index in [0.29, 0.717) is 18.5 Å². The highest BCUT2D eigenvalue weighted by molar-refractivity contribution is 6.32. The molecule has 1 saturated carbocycles. The van der Waals surface area contributed by atoms with Crippen LogP contribution in [-0.4, -0.2) is 28.6 Å². The fourth-order valence-corrected chi connectivity index (χ4v) is 2.93. The molecule has 2 unspecified atom stereocenters. The van der Waals surface area contributed by atoms with Gasteiger partial charge in [-0.05, 0) is 37.0 Å². The lowest BCUT2D eigenvalue weighted by Gasteiger charge is -2.28. The number of halogens is 1. The van der Waals surface area contributed by atoms with Crippen molar-refractivity contribution in [3.05, 3.63) is 28.8 Å². The van der Waals surface area contributed by atoms with Crippen molar-refractivity contribution < 1.29 is 19.8 Å². The predicted octanol–water partition coefficient (Wildman–Crippen LogP) is 2.67. The molecule has 1 aliphatic rings. The zero-order chi connectivity index (χ0) is 15.4. The smallest absolute Gasteiger partial charge is 0.306 e. The van der Waals surface area contributed by atoms with Gasteiger partial charge in [-0.1, -0.05) is 24.4 Å². The molecule has 0 spiro atoms. The Labute approximate surface area is 127 Å². The summed E-state index contributed by atoms with van der Waals surface area (Å²) in [6.07, 6.45) is 3.40. The van der Waals surface area contributed by atoms with Crippen LogP contribution in [0.2, 0.25) is 5.02 Å². The summed E-state index contributed by atoms with van der Waals surface area (Å²) in [7, 11) is 0. The van der Waals surface area contributed by atoms with Gasteiger partial charge < -0.3 is 15.5 Å². The zero-order valence-corrected chi connectivity index (χ0v) is 12.3. The molecule has 0 heterocycles. The lowest BCUT2D eigenvalue weighted by molar-refractivity contribution is -0.144. The van der Waals surface area contributed by atoms with Gasteiger partial charge >= 0.3 is 5.97 Å². The average molecular weight is 312 g/mol. The molecule has 2 atom stereocenters. The fraction of sp³-hybridized carbons (Fsp3) is 0.467. The van der Waals surface area contributed by atoms with E-state index in [9.17, 15) is 19.8 Å². The molecule has 1 fully saturated rings. The van der Waals surface area contributed by atoms with Gasteiger partial charge in [0, 0.05) is 12.1 Å². The van der Waals surface area contributed by atoms with Crippen LogP contribution in [0.3, 0.4) is 0 Å². The molecule has 1 amide bonds. The van der Waals surface area contributed by atoms with Crippen LogP contribution in [0.4, 0.5) is 0 Å². The number of rotatable bonds is 4. The van der Waals surface area contributed by atoms with Crippen molar-refractivity contribution in [1.82, 2.24) is 5.32 Å². The lowest BCUT2D eigenvalue weighted by atomic mass is 9.79. The van der Waals surface area contributed by atoms with E-state index in [1.54, 1.807) is 0 Å². The molecule has 1 aromatic rings. The van der Waals surface area contributed by atoms with E-state index in [-0.39, 0.29) is 28.5 Å². The van der Waals surface area contributed by atoms with Crippen LogP contribution < -0.4 is 5.32 Å². The molecule has 0 radical (unpaired) electrons. The van der Waals surface area contributed by atoms with Crippen molar-refractivity contribution in [2.45, 2.75) is 25.7 Å². The number of benzene rings is 1. The summed E-state index contributed by atoms with van der Waals surface area (Å²) in [4.78, 5) is 23.2. The minimum absolute atomic E-state index is 0.0345. The molecule has 3 N–H and O–H groups in total. The number of carboxylic acids is 1. The summed E-state index contributed by atoms with van der Waals surface area (Å²) >= 11 is 5.76. The number of phenolic OH excluding ortho intramolecular Hbond substituents is 1. The van der Waals surface area contributed by atoms with E-state index in [2.05, 4.69) is 5.32 Å². The monoisotopic (exact) mass is 311 g/mol. The van der Waals surface area contributed by atoms with E-state index in [0.717, 1.165) is 19.3 Å². The SMILES string of the molecule is O=C(NCC1CCCCC1C(=O)O)c1ccc(O)c(Cl)c1. The first-order valence-corrected chi connectivity index (χ1v) is 7.36. The molecule has 1 aliphatic carbocycles. The van der Waals surface area contributed by atoms with Gasteiger partial charge in [0.25, 0.3) is 5.91 Å². The van der Waals surface area contributed by atoms with E-state index in [4.69, 9.17) is 11.6 Å². The number of nitrogens with one attached hydrogen (secondary N) is 1. The number of carbonyl (C=O) groups excluding carboxylic acids is 1. The van der Waals surface area contributed by atoms with E-state index < -0.39 is 5.97 Å². The molecule has 21 heavy (non-hydrogen) atoms. The first kappa shape index (κ1) is 15.6. The van der Waals surface area contributed by atoms with Gasteiger partial charge in [-0.25, -0.2) is 0 Å². The number of amides is 1. The highest BCUT2D eigenvalue weighted by Crippen LogP contribution is 2.30. The van der Waals surface area contributed by atoms with Crippen molar-refractivity contribution >= 4 is 23.5 Å². The third-order valence-corrected chi connectivity index (χ3v) is 4.26. The standard InChI is InChI=1S/C15H18ClNO4/c16-12-7-9(5-6-13(12)18)14(19)17-8-10-3-1-2-4-11(10)15(20)21/h5-7,10-11,18H,1-4,8H2,(H,17,19)(H,20,21). The second kappa shape index (κ2) is 6.80. The first-order valence-electron chi connectivity index (χ1n) is 6.98. The second-order valence-corrected chi connectivity index (χ2v) is 5.77. The van der Waals surface area contributed by atoms with Crippen LogP contribution >= 0.6 is 11.6 Å². The Morgan fingerprint density at radius 2 is 2.00 bits per heavy atom. The summed E-state index contributed by atoms with van der Waals surface area (Å²) in [5.74, 6) is -1.60. The molecular weight excluding hydrogens is 294 g/mol. The maximum Gasteiger partial charge on any atom is 0.306 e. The maximum absolute atomic E-state index is 12.0. The summed E-state index contributed by atoms with van der Waals surface area (Å²) in [6.45, 7) is 0.342. The normalized spacial score (nSPS) is 21.8. The van der Waals surface area contributed by atoms with Crippen molar-refractivity contribution in [3.8, 4) is 5.75 Å². The lowest BCUT2D eigenvalue weighted by Crippen LogP contribution is -2.37. The maximum atomic E-state index is 12.0. The van der Waals surface area contributed by atoms with Crippen molar-refractivity contribution in [2.75, 3.05) is 6.54 Å². The third-order valence-electron chi connectivity index (χ3n) is 3.96. The average Bonchev–Trinajstić information content (AvgIpc) is 2.47. The number of hydrogen-bond acceptors (Lipinski definition) is 3. The molecule has 6 heteroatoms. The molecule has 0 aliphatic heterocycles. The van der Waals surface area contributed by atoms with Crippen molar-refractivity contribution in [2.24, 2.45) is 11.8 Å². The first-order chi connectivity index (χ1) is 9.99. The minimum atomic E-state index is -0.790. The number of carboxylic acid groups (broad SMARTS) is 1. The van der Waals surface area contributed by atoms with Crippen LogP contribution in [0.15, 0.2) is 18.2 Å². The number of carbonyl (C=O) groups is 2. The Hall–Kier alpha value is -1.75. The highest BCUT2D eigenvalue weighted by atomic mass is 35.5. The Morgan fingerprint density at radius 1 is 1.29 bits per heavy atom. The quantitative estimate of drug-likeness (QED) is 0.798. The van der Waals surface area contributed by atoms with Crippen molar-refractivity contribution in [1.29, 1.82) is 0 Å². The largest absolute Gasteiger partial charge is 0.506 e. The second-order valence-electron chi connectivity index (χ2n) is 5.37. The Bertz CT molecular complexity index is 546. The number of aliphatic carboxylic acids is 1. The molecule has 2 rings (SSSR count). The Morgan fingerprint density at radius 3 is 2.67 bits per heavy atom. The van der Waals surface area contributed by atoms with Crippen LogP contribution in [0.25, 0.3) is 0 Å². The summed E-state index contributed by atoms with van der Waals surface area (Å²) in [5.41, 5.74) is 0.348. The summed E-state index contributed by atoms with van der Waals surface area (Å²) in [6, 6.07) is 4.23. The molecule has 114 valence electrons. The fourth-order valence-electron chi connectivity index (χ4n) is 2.75. The molecule has 5 nitrogen and oxygen atoms in total. The number of aromatic hydroxyl groups is 1. The highest BCUT2D eigenvalue weighted by Gasteiger charge is 2.30. The van der Waals surface area contributed by atoms with E-state index in [1.165, 1.54) is 18.2 Å². The van der Waals surface area contributed by atoms with Crippen LogP contribution in [0.1, 0.15) is 36.0 Å². The van der Waals surface area contributed by atoms with Gasteiger partial charge in [0.15, 0.2) is 0 Å². The Balaban J connectivity index is 1.96. The minimum Gasteiger partial charge on any atom is -0.506 e. The van der Waals surface area contributed by atoms with Crippen LogP contribution in [0, 0.1) is 11.8 Å². The van der Waals surface area contributed by atoms with Gasteiger partial charge in [-0.3, -0.25) is 9.59 Å². The number of hydrogen-bond donors (Lipinski definition) is 3. The molecular formula is C15H18ClNO4. The van der Waals surface area contributed by atoms with Gasteiger partial charge in [-0.15, -0.1) is 0 Å². The summed E-state index contributed by atoms with van der Waals surface area (Å²) in [5, 5.41) is 21.4. The van der Waals surface area contributed by atoms with Gasteiger partial charge in [0.05, 0.1) is 10.9 Å². The van der Waals surface area contributed by atoms with E-state index >= 15 is 0 Å². The third kappa shape index (κ3) is 3.88.